The maximum atomic E-state index is 12.5. The lowest BCUT2D eigenvalue weighted by molar-refractivity contribution is 0.552. The molecule has 0 amide bonds. The Balaban J connectivity index is 1.87. The molecule has 3 rings (SSSR count). The van der Waals surface area contributed by atoms with Crippen molar-refractivity contribution in [3.05, 3.63) is 23.8 Å². The molecule has 0 unspecified atom stereocenters. The van der Waals surface area contributed by atoms with Gasteiger partial charge in [0.25, 0.3) is 0 Å². The Bertz CT molecular complexity index is 797. The van der Waals surface area contributed by atoms with Crippen LogP contribution in [0.3, 0.4) is 0 Å². The first kappa shape index (κ1) is 16.7. The van der Waals surface area contributed by atoms with Crippen LogP contribution in [0.2, 0.25) is 0 Å². The van der Waals surface area contributed by atoms with Crippen LogP contribution in [0.5, 0.6) is 0 Å². The normalized spacial score (nSPS) is 19.3. The zero-order chi connectivity index (χ0) is 16.7. The monoisotopic (exact) mass is 358 g/mol. The van der Waals surface area contributed by atoms with Crippen LogP contribution in [0.25, 0.3) is 0 Å². The van der Waals surface area contributed by atoms with E-state index in [1.54, 1.807) is 19.1 Å². The van der Waals surface area contributed by atoms with Gasteiger partial charge in [0, 0.05) is 12.6 Å². The Morgan fingerprint density at radius 2 is 1.87 bits per heavy atom. The first-order chi connectivity index (χ1) is 10.8. The number of nitrogens with one attached hydrogen (secondary N) is 1. The molecule has 1 aromatic carbocycles. The summed E-state index contributed by atoms with van der Waals surface area (Å²) >= 11 is 0. The van der Waals surface area contributed by atoms with Crippen molar-refractivity contribution in [2.45, 2.75) is 50.0 Å². The van der Waals surface area contributed by atoms with Crippen LogP contribution in [-0.4, -0.2) is 35.2 Å². The first-order valence-electron chi connectivity index (χ1n) is 7.99. The molecular formula is C15H22N2O4S2. The van der Waals surface area contributed by atoms with Crippen LogP contribution >= 0.6 is 0 Å². The summed E-state index contributed by atoms with van der Waals surface area (Å²) in [5.74, 6) is 0.0374. The van der Waals surface area contributed by atoms with E-state index < -0.39 is 20.0 Å². The third kappa shape index (κ3) is 3.25. The van der Waals surface area contributed by atoms with E-state index in [1.807, 2.05) is 0 Å². The second kappa shape index (κ2) is 6.07. The van der Waals surface area contributed by atoms with Gasteiger partial charge in [-0.3, -0.25) is 4.31 Å². The number of hydrogen-bond donors (Lipinski definition) is 1. The molecule has 1 fully saturated rings. The van der Waals surface area contributed by atoms with Crippen LogP contribution in [0.15, 0.2) is 23.1 Å². The minimum absolute atomic E-state index is 0.0187. The van der Waals surface area contributed by atoms with Crippen molar-refractivity contribution >= 4 is 25.7 Å². The van der Waals surface area contributed by atoms with E-state index in [2.05, 4.69) is 4.72 Å². The highest BCUT2D eigenvalue weighted by Crippen LogP contribution is 2.32. The molecular weight excluding hydrogens is 336 g/mol. The van der Waals surface area contributed by atoms with E-state index >= 15 is 0 Å². The molecule has 1 aromatic rings. The van der Waals surface area contributed by atoms with Gasteiger partial charge in [0.2, 0.25) is 20.0 Å². The van der Waals surface area contributed by atoms with Crippen molar-refractivity contribution in [1.29, 1.82) is 0 Å². The van der Waals surface area contributed by atoms with Crippen LogP contribution in [-0.2, 0) is 26.5 Å². The van der Waals surface area contributed by atoms with E-state index in [0.29, 0.717) is 18.7 Å². The minimum Gasteiger partial charge on any atom is -0.270 e. The van der Waals surface area contributed by atoms with Crippen LogP contribution < -0.4 is 9.03 Å². The van der Waals surface area contributed by atoms with Crippen molar-refractivity contribution in [3.63, 3.8) is 0 Å². The van der Waals surface area contributed by atoms with Gasteiger partial charge >= 0.3 is 0 Å². The highest BCUT2D eigenvalue weighted by atomic mass is 32.2. The highest BCUT2D eigenvalue weighted by molar-refractivity contribution is 7.92. The summed E-state index contributed by atoms with van der Waals surface area (Å²) in [7, 11) is -6.85. The van der Waals surface area contributed by atoms with Crippen molar-refractivity contribution in [2.24, 2.45) is 0 Å². The van der Waals surface area contributed by atoms with Crippen LogP contribution in [0.1, 0.15) is 38.2 Å². The zero-order valence-electron chi connectivity index (χ0n) is 13.2. The summed E-state index contributed by atoms with van der Waals surface area (Å²) in [6.45, 7) is 1.99. The van der Waals surface area contributed by atoms with E-state index in [4.69, 9.17) is 0 Å². The first-order valence-corrected chi connectivity index (χ1v) is 11.1. The third-order valence-corrected chi connectivity index (χ3v) is 7.89. The summed E-state index contributed by atoms with van der Waals surface area (Å²) in [5, 5.41) is 0. The van der Waals surface area contributed by atoms with Crippen molar-refractivity contribution in [3.8, 4) is 0 Å². The Hall–Kier alpha value is -1.12. The Labute approximate surface area is 138 Å². The molecule has 0 aromatic heterocycles. The molecule has 0 spiro atoms. The van der Waals surface area contributed by atoms with Gasteiger partial charge in [-0.2, -0.15) is 0 Å². The van der Waals surface area contributed by atoms with E-state index in [1.165, 1.54) is 10.4 Å². The molecule has 128 valence electrons. The summed E-state index contributed by atoms with van der Waals surface area (Å²) < 4.78 is 53.2. The van der Waals surface area contributed by atoms with Crippen LogP contribution in [0, 0.1) is 0 Å². The predicted molar refractivity (Wildman–Crippen MR) is 89.5 cm³/mol. The second-order valence-corrected chi connectivity index (χ2v) is 10.0. The summed E-state index contributed by atoms with van der Waals surface area (Å²) in [6, 6.07) is 4.74. The number of nitrogens with zero attached hydrogens (tertiary/aromatic N) is 1. The fourth-order valence-electron chi connectivity index (χ4n) is 3.29. The molecule has 0 bridgehead atoms. The van der Waals surface area contributed by atoms with E-state index in [9.17, 15) is 16.8 Å². The van der Waals surface area contributed by atoms with Crippen molar-refractivity contribution < 1.29 is 16.8 Å². The molecule has 1 aliphatic heterocycles. The molecule has 1 heterocycles. The van der Waals surface area contributed by atoms with Gasteiger partial charge in [-0.25, -0.2) is 21.6 Å². The number of benzene rings is 1. The van der Waals surface area contributed by atoms with Gasteiger partial charge in [0.05, 0.1) is 16.3 Å². The lowest BCUT2D eigenvalue weighted by Gasteiger charge is -2.18. The second-order valence-electron chi connectivity index (χ2n) is 6.12. The fourth-order valence-corrected chi connectivity index (χ4v) is 5.81. The van der Waals surface area contributed by atoms with Crippen LogP contribution in [0.4, 0.5) is 5.69 Å². The van der Waals surface area contributed by atoms with Gasteiger partial charge in [-0.05, 0) is 49.9 Å². The molecule has 8 heteroatoms. The van der Waals surface area contributed by atoms with Gasteiger partial charge in [0.1, 0.15) is 0 Å². The highest BCUT2D eigenvalue weighted by Gasteiger charge is 2.30. The third-order valence-electron chi connectivity index (χ3n) is 4.59. The molecule has 1 aliphatic carbocycles. The van der Waals surface area contributed by atoms with E-state index in [-0.39, 0.29) is 16.7 Å². The zero-order valence-corrected chi connectivity index (χ0v) is 14.8. The van der Waals surface area contributed by atoms with Crippen molar-refractivity contribution in [2.75, 3.05) is 16.6 Å². The Morgan fingerprint density at radius 1 is 1.17 bits per heavy atom. The molecule has 1 saturated carbocycles. The van der Waals surface area contributed by atoms with Gasteiger partial charge in [-0.1, -0.05) is 12.8 Å². The maximum Gasteiger partial charge on any atom is 0.240 e. The number of hydrogen-bond acceptors (Lipinski definition) is 4. The lowest BCUT2D eigenvalue weighted by Crippen LogP contribution is -2.32. The number of anilines is 1. The molecule has 23 heavy (non-hydrogen) atoms. The molecule has 2 aliphatic rings. The minimum atomic E-state index is -3.54. The SMILES string of the molecule is CCS(=O)(=O)N1CCc2cc(S(=O)(=O)NC3CCCC3)ccc21. The molecule has 0 saturated heterocycles. The molecule has 6 nitrogen and oxygen atoms in total. The largest absolute Gasteiger partial charge is 0.270 e. The quantitative estimate of drug-likeness (QED) is 0.867. The number of sulfonamides is 2. The molecule has 0 radical (unpaired) electrons. The maximum absolute atomic E-state index is 12.5. The molecule has 0 atom stereocenters. The topological polar surface area (TPSA) is 83.6 Å². The van der Waals surface area contributed by atoms with Gasteiger partial charge in [-0.15, -0.1) is 0 Å². The fraction of sp³-hybridized carbons (Fsp3) is 0.600. The standard InChI is InChI=1S/C15H22N2O4S2/c1-2-22(18,19)17-10-9-12-11-14(7-8-15(12)17)23(20,21)16-13-5-3-4-6-13/h7-8,11,13,16H,2-6,9-10H2,1H3. The van der Waals surface area contributed by atoms with Gasteiger partial charge in [0.15, 0.2) is 0 Å². The number of fused-ring (bicyclic) bond motifs is 1. The number of rotatable bonds is 5. The van der Waals surface area contributed by atoms with Crippen molar-refractivity contribution in [1.82, 2.24) is 4.72 Å². The summed E-state index contributed by atoms with van der Waals surface area (Å²) in [5.41, 5.74) is 1.38. The average Bonchev–Trinajstić information content (AvgIpc) is 3.15. The smallest absolute Gasteiger partial charge is 0.240 e. The summed E-state index contributed by atoms with van der Waals surface area (Å²) in [4.78, 5) is 0.221. The average molecular weight is 358 g/mol. The predicted octanol–water partition coefficient (Wildman–Crippen LogP) is 1.62. The summed E-state index contributed by atoms with van der Waals surface area (Å²) in [6.07, 6.45) is 4.42. The molecule has 1 N–H and O–H groups in total. The Morgan fingerprint density at radius 3 is 2.52 bits per heavy atom. The van der Waals surface area contributed by atoms with Gasteiger partial charge < -0.3 is 0 Å². The van der Waals surface area contributed by atoms with E-state index in [0.717, 1.165) is 31.2 Å². The lowest BCUT2D eigenvalue weighted by atomic mass is 10.2. The Kier molecular flexibility index (Phi) is 4.41.